The SMILES string of the molecule is C=CCCC(NC(=O)[C@@H]1C2C(CN1C(=O)C(NC(=O)NC(C)(C)CC(C)(C)C)C1CCCCC1)C2(Cl)Cl)C(=O)C(=O)NCC=C. The topological polar surface area (TPSA) is 137 Å². The molecule has 0 aromatic rings. The highest BCUT2D eigenvalue weighted by Crippen LogP contribution is 2.65. The number of rotatable bonds is 14. The van der Waals surface area contributed by atoms with Crippen molar-refractivity contribution >= 4 is 52.7 Å². The zero-order valence-electron chi connectivity index (χ0n) is 27.3. The van der Waals surface area contributed by atoms with Gasteiger partial charge in [-0.15, -0.1) is 36.4 Å². The average molecular weight is 669 g/mol. The van der Waals surface area contributed by atoms with Crippen molar-refractivity contribution in [2.75, 3.05) is 13.1 Å². The van der Waals surface area contributed by atoms with Crippen LogP contribution in [-0.2, 0) is 19.2 Å². The van der Waals surface area contributed by atoms with Gasteiger partial charge in [0.05, 0.1) is 6.04 Å². The van der Waals surface area contributed by atoms with E-state index in [4.69, 9.17) is 23.2 Å². The predicted molar refractivity (Wildman–Crippen MR) is 177 cm³/mol. The van der Waals surface area contributed by atoms with Gasteiger partial charge < -0.3 is 26.2 Å². The van der Waals surface area contributed by atoms with Gasteiger partial charge in [0.2, 0.25) is 17.6 Å². The first kappa shape index (κ1) is 36.9. The lowest BCUT2D eigenvalue weighted by molar-refractivity contribution is -0.144. The van der Waals surface area contributed by atoms with E-state index < -0.39 is 57.5 Å². The number of carbonyl (C=O) groups excluding carboxylic acids is 5. The molecule has 1 saturated heterocycles. The Morgan fingerprint density at radius 1 is 0.978 bits per heavy atom. The number of Topliss-reactive ketones (excluding diaryl/α,β-unsaturated/α-hetero) is 1. The summed E-state index contributed by atoms with van der Waals surface area (Å²) in [6.45, 7) is 17.7. The molecule has 4 unspecified atom stereocenters. The molecule has 12 heteroatoms. The number of allylic oxidation sites excluding steroid dienone is 1. The summed E-state index contributed by atoms with van der Waals surface area (Å²) < 4.78 is -1.21. The minimum Gasteiger partial charge on any atom is -0.346 e. The number of nitrogens with zero attached hydrogens (tertiary/aromatic N) is 1. The first-order chi connectivity index (χ1) is 20.9. The van der Waals surface area contributed by atoms with Crippen LogP contribution in [-0.4, -0.2) is 75.5 Å². The van der Waals surface area contributed by atoms with Crippen LogP contribution in [0.1, 0.15) is 86.0 Å². The van der Waals surface area contributed by atoms with Gasteiger partial charge in [0.1, 0.15) is 16.4 Å². The van der Waals surface area contributed by atoms with E-state index in [1.807, 2.05) is 13.8 Å². The van der Waals surface area contributed by atoms with Crippen LogP contribution >= 0.6 is 23.2 Å². The molecule has 1 aliphatic heterocycles. The van der Waals surface area contributed by atoms with Crippen molar-refractivity contribution in [3.05, 3.63) is 25.3 Å². The van der Waals surface area contributed by atoms with E-state index in [2.05, 4.69) is 55.2 Å². The van der Waals surface area contributed by atoms with Crippen molar-refractivity contribution in [3.63, 3.8) is 0 Å². The number of urea groups is 1. The first-order valence-electron chi connectivity index (χ1n) is 16.0. The molecule has 0 spiro atoms. The number of halogens is 2. The Hall–Kier alpha value is -2.59. The molecular formula is C33H51Cl2N5O5. The molecule has 0 bridgehead atoms. The number of carbonyl (C=O) groups is 5. The van der Waals surface area contributed by atoms with Crippen LogP contribution in [0.2, 0.25) is 0 Å². The van der Waals surface area contributed by atoms with Gasteiger partial charge in [0.25, 0.3) is 5.91 Å². The van der Waals surface area contributed by atoms with Crippen LogP contribution < -0.4 is 21.3 Å². The Bertz CT molecular complexity index is 1160. The minimum atomic E-state index is -1.21. The Morgan fingerprint density at radius 2 is 1.62 bits per heavy atom. The summed E-state index contributed by atoms with van der Waals surface area (Å²) in [5.41, 5.74) is -0.554. The molecule has 3 fully saturated rings. The highest BCUT2D eigenvalue weighted by atomic mass is 35.5. The van der Waals surface area contributed by atoms with Gasteiger partial charge in [0.15, 0.2) is 0 Å². The minimum absolute atomic E-state index is 0.0284. The lowest BCUT2D eigenvalue weighted by Gasteiger charge is -2.38. The van der Waals surface area contributed by atoms with Crippen LogP contribution in [0.4, 0.5) is 4.79 Å². The fourth-order valence-corrected chi connectivity index (χ4v) is 8.06. The van der Waals surface area contributed by atoms with E-state index in [9.17, 15) is 24.0 Å². The van der Waals surface area contributed by atoms with Crippen molar-refractivity contribution in [3.8, 4) is 0 Å². The first-order valence-corrected chi connectivity index (χ1v) is 16.8. The molecule has 5 atom stereocenters. The molecule has 2 saturated carbocycles. The zero-order valence-corrected chi connectivity index (χ0v) is 28.9. The Labute approximate surface area is 277 Å². The van der Waals surface area contributed by atoms with E-state index in [0.717, 1.165) is 38.5 Å². The van der Waals surface area contributed by atoms with Gasteiger partial charge in [-0.1, -0.05) is 52.2 Å². The third-order valence-corrected chi connectivity index (χ3v) is 9.97. The summed E-state index contributed by atoms with van der Waals surface area (Å²) in [7, 11) is 0. The molecule has 45 heavy (non-hydrogen) atoms. The van der Waals surface area contributed by atoms with Gasteiger partial charge >= 0.3 is 6.03 Å². The summed E-state index contributed by atoms with van der Waals surface area (Å²) in [6, 6.07) is -3.51. The third kappa shape index (κ3) is 9.47. The molecule has 10 nitrogen and oxygen atoms in total. The molecule has 2 aliphatic carbocycles. The van der Waals surface area contributed by atoms with Crippen LogP contribution in [0.25, 0.3) is 0 Å². The summed E-state index contributed by atoms with van der Waals surface area (Å²) in [6.07, 6.45) is 8.75. The summed E-state index contributed by atoms with van der Waals surface area (Å²) in [5, 5.41) is 11.2. The van der Waals surface area contributed by atoms with Gasteiger partial charge in [-0.05, 0) is 57.3 Å². The van der Waals surface area contributed by atoms with E-state index in [1.54, 1.807) is 6.08 Å². The third-order valence-electron chi connectivity index (χ3n) is 8.91. The highest BCUT2D eigenvalue weighted by Gasteiger charge is 2.74. The van der Waals surface area contributed by atoms with Crippen LogP contribution in [0.15, 0.2) is 25.3 Å². The smallest absolute Gasteiger partial charge is 0.315 e. The Balaban J connectivity index is 1.85. The molecule has 0 radical (unpaired) electrons. The van der Waals surface area contributed by atoms with Crippen LogP contribution in [0.3, 0.4) is 0 Å². The number of fused-ring (bicyclic) bond motifs is 1. The average Bonchev–Trinajstić information content (AvgIpc) is 3.27. The summed E-state index contributed by atoms with van der Waals surface area (Å²) in [5.74, 6) is -3.65. The fourth-order valence-electron chi connectivity index (χ4n) is 7.24. The van der Waals surface area contributed by atoms with E-state index in [1.165, 1.54) is 11.0 Å². The number of hydrogen-bond donors (Lipinski definition) is 4. The maximum Gasteiger partial charge on any atom is 0.315 e. The van der Waals surface area contributed by atoms with Crippen molar-refractivity contribution in [1.29, 1.82) is 0 Å². The van der Waals surface area contributed by atoms with E-state index in [0.29, 0.717) is 6.42 Å². The van der Waals surface area contributed by atoms with Crippen molar-refractivity contribution in [1.82, 2.24) is 26.2 Å². The molecule has 0 aromatic heterocycles. The predicted octanol–water partition coefficient (Wildman–Crippen LogP) is 4.40. The maximum atomic E-state index is 14.3. The Kier molecular flexibility index (Phi) is 12.2. The number of hydrogen-bond acceptors (Lipinski definition) is 5. The number of piperidine rings is 1. The van der Waals surface area contributed by atoms with Crippen molar-refractivity contribution in [2.24, 2.45) is 23.2 Å². The number of likely N-dealkylation sites (tertiary alicyclic amines) is 1. The monoisotopic (exact) mass is 667 g/mol. The molecule has 4 N–H and O–H groups in total. The quantitative estimate of drug-likeness (QED) is 0.124. The lowest BCUT2D eigenvalue weighted by Crippen LogP contribution is -2.61. The van der Waals surface area contributed by atoms with Crippen molar-refractivity contribution < 1.29 is 24.0 Å². The molecule has 3 rings (SSSR count). The molecular weight excluding hydrogens is 617 g/mol. The zero-order chi connectivity index (χ0) is 33.7. The second-order valence-electron chi connectivity index (χ2n) is 14.6. The molecule has 252 valence electrons. The van der Waals surface area contributed by atoms with Gasteiger partial charge in [-0.2, -0.15) is 0 Å². The van der Waals surface area contributed by atoms with Crippen LogP contribution in [0.5, 0.6) is 0 Å². The molecule has 5 amide bonds. The number of nitrogens with one attached hydrogen (secondary N) is 4. The van der Waals surface area contributed by atoms with Gasteiger partial charge in [-0.25, -0.2) is 4.79 Å². The lowest BCUT2D eigenvalue weighted by atomic mass is 9.81. The Morgan fingerprint density at radius 3 is 2.20 bits per heavy atom. The van der Waals surface area contributed by atoms with Gasteiger partial charge in [0, 0.05) is 30.5 Å². The second-order valence-corrected chi connectivity index (χ2v) is 16.1. The molecule has 0 aromatic carbocycles. The summed E-state index contributed by atoms with van der Waals surface area (Å²) >= 11 is 13.1. The second kappa shape index (κ2) is 14.9. The summed E-state index contributed by atoms with van der Waals surface area (Å²) in [4.78, 5) is 68.5. The highest BCUT2D eigenvalue weighted by molar-refractivity contribution is 6.51. The standard InChI is InChI=1S/C33H51Cl2N5O5/c1-8-10-16-22(26(41)28(43)36-17-9-2)37-27(42)25-23-21(33(23,34)35)18-40(25)29(44)24(20-14-12-11-13-15-20)38-30(45)39-32(6,7)19-31(3,4)5/h8-9,20-25H,1-2,10-19H2,3-7H3,(H,36,43)(H,37,42)(H2,38,39,45)/t21?,22?,23?,24?,25-/m0/s1. The molecule has 1 heterocycles. The number of amides is 5. The number of ketones is 1. The van der Waals surface area contributed by atoms with Gasteiger partial charge in [-0.3, -0.25) is 19.2 Å². The number of alkyl halides is 2. The normalized spacial score (nSPS) is 24.0. The molecule has 3 aliphatic rings. The van der Waals surface area contributed by atoms with Crippen molar-refractivity contribution in [2.45, 2.75) is 114 Å². The maximum absolute atomic E-state index is 14.3. The van der Waals surface area contributed by atoms with E-state index in [-0.39, 0.29) is 42.7 Å². The fraction of sp³-hybridized carbons (Fsp3) is 0.727. The largest absolute Gasteiger partial charge is 0.346 e. The van der Waals surface area contributed by atoms with Crippen LogP contribution in [0, 0.1) is 23.2 Å². The van der Waals surface area contributed by atoms with E-state index >= 15 is 0 Å².